The third kappa shape index (κ3) is 7.06. The number of rotatable bonds is 10. The van der Waals surface area contributed by atoms with Gasteiger partial charge in [0.05, 0.1) is 31.5 Å². The van der Waals surface area contributed by atoms with Crippen LogP contribution < -0.4 is 15.4 Å². The summed E-state index contributed by atoms with van der Waals surface area (Å²) in [7, 11) is 1.53. The number of ether oxygens (including phenoxy) is 3. The molecule has 0 aliphatic heterocycles. The van der Waals surface area contributed by atoms with Gasteiger partial charge in [0.2, 0.25) is 5.91 Å². The molecule has 1 atom stereocenters. The molecular formula is C25H30N2O7. The highest BCUT2D eigenvalue weighted by molar-refractivity contribution is 6.03. The molecule has 0 saturated carbocycles. The lowest BCUT2D eigenvalue weighted by Crippen LogP contribution is -2.47. The van der Waals surface area contributed by atoms with Crippen molar-refractivity contribution in [3.05, 3.63) is 59.2 Å². The van der Waals surface area contributed by atoms with Crippen LogP contribution >= 0.6 is 0 Å². The molecule has 2 amide bonds. The standard InChI is InChI=1S/C25H30N2O7/c1-6-33-24(30)17-12-18(25(31)34-7-2)14-19(13-17)26-23(29)21(15(3)4)27-22(28)16-8-10-20(32-5)11-9-16/h8-15,21H,6-7H2,1-5H3,(H,26,29)(H,27,28). The van der Waals surface area contributed by atoms with Crippen molar-refractivity contribution >= 4 is 29.4 Å². The predicted octanol–water partition coefficient (Wildman–Crippen LogP) is 3.44. The van der Waals surface area contributed by atoms with E-state index in [1.165, 1.54) is 25.3 Å². The summed E-state index contributed by atoms with van der Waals surface area (Å²) in [6.07, 6.45) is 0. The number of benzene rings is 2. The molecule has 2 aromatic carbocycles. The molecule has 34 heavy (non-hydrogen) atoms. The van der Waals surface area contributed by atoms with E-state index in [-0.39, 0.29) is 35.9 Å². The van der Waals surface area contributed by atoms with Crippen molar-refractivity contribution in [2.75, 3.05) is 25.6 Å². The lowest BCUT2D eigenvalue weighted by Gasteiger charge is -2.22. The largest absolute Gasteiger partial charge is 0.497 e. The average molecular weight is 471 g/mol. The van der Waals surface area contributed by atoms with Crippen LogP contribution in [-0.2, 0) is 14.3 Å². The van der Waals surface area contributed by atoms with Crippen LogP contribution in [0.1, 0.15) is 58.8 Å². The van der Waals surface area contributed by atoms with Gasteiger partial charge in [-0.1, -0.05) is 13.8 Å². The molecule has 182 valence electrons. The summed E-state index contributed by atoms with van der Waals surface area (Å²) in [5.74, 6) is -1.86. The van der Waals surface area contributed by atoms with Gasteiger partial charge >= 0.3 is 11.9 Å². The van der Waals surface area contributed by atoms with E-state index < -0.39 is 29.8 Å². The van der Waals surface area contributed by atoms with E-state index in [4.69, 9.17) is 14.2 Å². The van der Waals surface area contributed by atoms with Gasteiger partial charge in [0.15, 0.2) is 0 Å². The molecule has 2 rings (SSSR count). The summed E-state index contributed by atoms with van der Waals surface area (Å²) in [4.78, 5) is 50.3. The minimum atomic E-state index is -0.883. The van der Waals surface area contributed by atoms with Crippen LogP contribution in [-0.4, -0.2) is 50.1 Å². The number of hydrogen-bond donors (Lipinski definition) is 2. The van der Waals surface area contributed by atoms with Crippen LogP contribution in [0.15, 0.2) is 42.5 Å². The minimum Gasteiger partial charge on any atom is -0.497 e. The second-order valence-electron chi connectivity index (χ2n) is 7.65. The number of hydrogen-bond acceptors (Lipinski definition) is 7. The number of carbonyl (C=O) groups excluding carboxylic acids is 4. The molecule has 0 saturated heterocycles. The van der Waals surface area contributed by atoms with Gasteiger partial charge in [-0.25, -0.2) is 9.59 Å². The molecule has 0 bridgehead atoms. The highest BCUT2D eigenvalue weighted by Crippen LogP contribution is 2.19. The van der Waals surface area contributed by atoms with Crippen LogP contribution in [0.3, 0.4) is 0 Å². The fraction of sp³-hybridized carbons (Fsp3) is 0.360. The summed E-state index contributed by atoms with van der Waals surface area (Å²) in [5, 5.41) is 5.41. The molecule has 0 radical (unpaired) electrons. The lowest BCUT2D eigenvalue weighted by atomic mass is 10.0. The Kier molecular flexibility index (Phi) is 9.61. The first-order chi connectivity index (χ1) is 16.2. The first-order valence-corrected chi connectivity index (χ1v) is 10.9. The number of amides is 2. The van der Waals surface area contributed by atoms with E-state index >= 15 is 0 Å². The summed E-state index contributed by atoms with van der Waals surface area (Å²) in [6.45, 7) is 7.20. The molecule has 2 aromatic rings. The van der Waals surface area contributed by atoms with E-state index in [1.54, 1.807) is 52.0 Å². The first kappa shape index (κ1) is 26.4. The minimum absolute atomic E-state index is 0.0890. The smallest absolute Gasteiger partial charge is 0.338 e. The number of anilines is 1. The molecule has 0 spiro atoms. The maximum absolute atomic E-state index is 13.1. The molecule has 0 heterocycles. The van der Waals surface area contributed by atoms with Crippen LogP contribution in [0, 0.1) is 5.92 Å². The number of nitrogens with one attached hydrogen (secondary N) is 2. The van der Waals surface area contributed by atoms with Gasteiger partial charge in [-0.15, -0.1) is 0 Å². The van der Waals surface area contributed by atoms with Crippen LogP contribution in [0.2, 0.25) is 0 Å². The lowest BCUT2D eigenvalue weighted by molar-refractivity contribution is -0.118. The first-order valence-electron chi connectivity index (χ1n) is 10.9. The van der Waals surface area contributed by atoms with E-state index in [2.05, 4.69) is 10.6 Å². The normalized spacial score (nSPS) is 11.4. The highest BCUT2D eigenvalue weighted by atomic mass is 16.5. The van der Waals surface area contributed by atoms with Gasteiger partial charge in [0.1, 0.15) is 11.8 Å². The molecule has 9 nitrogen and oxygen atoms in total. The molecule has 0 aliphatic carbocycles. The number of methoxy groups -OCH3 is 1. The van der Waals surface area contributed by atoms with Gasteiger partial charge in [0, 0.05) is 11.3 Å². The number of carbonyl (C=O) groups is 4. The molecule has 0 aromatic heterocycles. The molecule has 0 aliphatic rings. The van der Waals surface area contributed by atoms with Crippen molar-refractivity contribution in [1.29, 1.82) is 0 Å². The van der Waals surface area contributed by atoms with Crippen molar-refractivity contribution in [1.82, 2.24) is 5.32 Å². The molecular weight excluding hydrogens is 440 g/mol. The van der Waals surface area contributed by atoms with Crippen LogP contribution in [0.4, 0.5) is 5.69 Å². The Hall–Kier alpha value is -3.88. The third-order valence-corrected chi connectivity index (χ3v) is 4.81. The van der Waals surface area contributed by atoms with Gasteiger partial charge in [-0.2, -0.15) is 0 Å². The van der Waals surface area contributed by atoms with Crippen molar-refractivity contribution in [2.24, 2.45) is 5.92 Å². The Morgan fingerprint density at radius 1 is 0.824 bits per heavy atom. The predicted molar refractivity (Wildman–Crippen MR) is 126 cm³/mol. The Morgan fingerprint density at radius 2 is 1.35 bits per heavy atom. The van der Waals surface area contributed by atoms with Crippen molar-refractivity contribution in [2.45, 2.75) is 33.7 Å². The van der Waals surface area contributed by atoms with E-state index in [0.717, 1.165) is 0 Å². The fourth-order valence-corrected chi connectivity index (χ4v) is 3.09. The summed E-state index contributed by atoms with van der Waals surface area (Å²) in [6, 6.07) is 9.76. The monoisotopic (exact) mass is 470 g/mol. The SMILES string of the molecule is CCOC(=O)c1cc(NC(=O)C(NC(=O)c2ccc(OC)cc2)C(C)C)cc(C(=O)OCC)c1. The second kappa shape index (κ2) is 12.4. The van der Waals surface area contributed by atoms with Crippen molar-refractivity contribution in [3.8, 4) is 5.75 Å². The van der Waals surface area contributed by atoms with E-state index in [0.29, 0.717) is 11.3 Å². The maximum Gasteiger partial charge on any atom is 0.338 e. The summed E-state index contributed by atoms with van der Waals surface area (Å²) >= 11 is 0. The van der Waals surface area contributed by atoms with Crippen LogP contribution in [0.5, 0.6) is 5.75 Å². The summed E-state index contributed by atoms with van der Waals surface area (Å²) in [5.41, 5.74) is 0.744. The highest BCUT2D eigenvalue weighted by Gasteiger charge is 2.26. The molecule has 2 N–H and O–H groups in total. The average Bonchev–Trinajstić information content (AvgIpc) is 2.82. The molecule has 9 heteroatoms. The second-order valence-corrected chi connectivity index (χ2v) is 7.65. The fourth-order valence-electron chi connectivity index (χ4n) is 3.09. The zero-order valence-corrected chi connectivity index (χ0v) is 20.0. The van der Waals surface area contributed by atoms with Crippen molar-refractivity contribution in [3.63, 3.8) is 0 Å². The van der Waals surface area contributed by atoms with E-state index in [1.807, 2.05) is 0 Å². The summed E-state index contributed by atoms with van der Waals surface area (Å²) < 4.78 is 15.1. The Balaban J connectivity index is 2.27. The van der Waals surface area contributed by atoms with Gasteiger partial charge < -0.3 is 24.8 Å². The number of esters is 2. The van der Waals surface area contributed by atoms with Gasteiger partial charge in [-0.3, -0.25) is 9.59 Å². The maximum atomic E-state index is 13.1. The van der Waals surface area contributed by atoms with Gasteiger partial charge in [0.25, 0.3) is 5.91 Å². The zero-order valence-electron chi connectivity index (χ0n) is 20.0. The quantitative estimate of drug-likeness (QED) is 0.510. The zero-order chi connectivity index (χ0) is 25.3. The Labute approximate surface area is 198 Å². The molecule has 0 fully saturated rings. The van der Waals surface area contributed by atoms with Crippen molar-refractivity contribution < 1.29 is 33.4 Å². The van der Waals surface area contributed by atoms with Crippen LogP contribution in [0.25, 0.3) is 0 Å². The third-order valence-electron chi connectivity index (χ3n) is 4.81. The Morgan fingerprint density at radius 3 is 1.79 bits per heavy atom. The topological polar surface area (TPSA) is 120 Å². The molecule has 1 unspecified atom stereocenters. The van der Waals surface area contributed by atoms with Gasteiger partial charge in [-0.05, 0) is 62.2 Å². The Bertz CT molecular complexity index is 996. The van der Waals surface area contributed by atoms with E-state index in [9.17, 15) is 19.2 Å².